The van der Waals surface area contributed by atoms with Crippen molar-refractivity contribution in [3.05, 3.63) is 29.8 Å². The number of rotatable bonds is 9. The Morgan fingerprint density at radius 3 is 2.50 bits per heavy atom. The highest BCUT2D eigenvalue weighted by Crippen LogP contribution is 2.17. The van der Waals surface area contributed by atoms with Gasteiger partial charge in [0.2, 0.25) is 5.91 Å². The second-order valence-electron chi connectivity index (χ2n) is 5.94. The van der Waals surface area contributed by atoms with Crippen LogP contribution in [0.3, 0.4) is 0 Å². The minimum atomic E-state index is -0.918. The first-order chi connectivity index (χ1) is 11.2. The molecule has 132 valence electrons. The largest absolute Gasteiger partial charge is 0.493 e. The zero-order valence-electron chi connectivity index (χ0n) is 14.2. The Morgan fingerprint density at radius 1 is 1.21 bits per heavy atom. The van der Waals surface area contributed by atoms with Gasteiger partial charge in [-0.05, 0) is 39.3 Å². The molecule has 1 aromatic rings. The van der Waals surface area contributed by atoms with E-state index in [2.05, 4.69) is 10.6 Å². The standard InChI is InChI=1S/C17H24N2O5/c1-4-24-13-8-6-5-7-12(13)16(23)18-11-14(20)19-17(2,3)10-9-15(21)22/h5-8H,4,9-11H2,1-3H3,(H,18,23)(H,19,20)(H,21,22). The van der Waals surface area contributed by atoms with E-state index in [-0.39, 0.29) is 18.9 Å². The van der Waals surface area contributed by atoms with Gasteiger partial charge in [0.05, 0.1) is 18.7 Å². The van der Waals surface area contributed by atoms with E-state index in [0.717, 1.165) is 0 Å². The SMILES string of the molecule is CCOc1ccccc1C(=O)NCC(=O)NC(C)(C)CCC(=O)O. The highest BCUT2D eigenvalue weighted by Gasteiger charge is 2.22. The molecule has 0 radical (unpaired) electrons. The van der Waals surface area contributed by atoms with Gasteiger partial charge in [0.15, 0.2) is 0 Å². The first kappa shape index (κ1) is 19.5. The lowest BCUT2D eigenvalue weighted by molar-refractivity contribution is -0.137. The van der Waals surface area contributed by atoms with Crippen molar-refractivity contribution in [2.45, 2.75) is 39.2 Å². The van der Waals surface area contributed by atoms with Crippen molar-refractivity contribution in [2.75, 3.05) is 13.2 Å². The molecule has 0 bridgehead atoms. The molecule has 0 aliphatic rings. The number of nitrogens with one attached hydrogen (secondary N) is 2. The first-order valence-corrected chi connectivity index (χ1v) is 7.78. The van der Waals surface area contributed by atoms with E-state index >= 15 is 0 Å². The van der Waals surface area contributed by atoms with E-state index in [1.807, 2.05) is 6.92 Å². The van der Waals surface area contributed by atoms with Gasteiger partial charge in [-0.1, -0.05) is 12.1 Å². The first-order valence-electron chi connectivity index (χ1n) is 7.78. The van der Waals surface area contributed by atoms with Crippen LogP contribution in [0.4, 0.5) is 0 Å². The summed E-state index contributed by atoms with van der Waals surface area (Å²) >= 11 is 0. The lowest BCUT2D eigenvalue weighted by atomic mass is 9.98. The summed E-state index contributed by atoms with van der Waals surface area (Å²) in [5, 5.41) is 13.9. The zero-order chi connectivity index (χ0) is 18.2. The third kappa shape index (κ3) is 6.68. The normalized spacial score (nSPS) is 10.8. The van der Waals surface area contributed by atoms with Gasteiger partial charge < -0.3 is 20.5 Å². The number of benzene rings is 1. The molecule has 7 nitrogen and oxygen atoms in total. The van der Waals surface area contributed by atoms with Gasteiger partial charge in [0.1, 0.15) is 5.75 Å². The van der Waals surface area contributed by atoms with Crippen molar-refractivity contribution < 1.29 is 24.2 Å². The van der Waals surface area contributed by atoms with E-state index in [0.29, 0.717) is 24.3 Å². The quantitative estimate of drug-likeness (QED) is 0.635. The topological polar surface area (TPSA) is 105 Å². The molecule has 1 rings (SSSR count). The van der Waals surface area contributed by atoms with Crippen LogP contribution in [0.5, 0.6) is 5.75 Å². The molecule has 3 N–H and O–H groups in total. The molecule has 0 spiro atoms. The Bertz CT molecular complexity index is 598. The Kier molecular flexibility index (Phi) is 7.23. The fraction of sp³-hybridized carbons (Fsp3) is 0.471. The molecule has 24 heavy (non-hydrogen) atoms. The number of ether oxygens (including phenoxy) is 1. The third-order valence-electron chi connectivity index (χ3n) is 3.28. The molecular weight excluding hydrogens is 312 g/mol. The molecule has 0 fully saturated rings. The highest BCUT2D eigenvalue weighted by molar-refractivity contribution is 5.98. The van der Waals surface area contributed by atoms with Gasteiger partial charge in [-0.25, -0.2) is 0 Å². The minimum Gasteiger partial charge on any atom is -0.493 e. The molecule has 1 aromatic carbocycles. The Balaban J connectivity index is 2.55. The van der Waals surface area contributed by atoms with Gasteiger partial charge in [0.25, 0.3) is 5.91 Å². The zero-order valence-corrected chi connectivity index (χ0v) is 14.2. The van der Waals surface area contributed by atoms with Crippen LogP contribution in [0.1, 0.15) is 44.0 Å². The van der Waals surface area contributed by atoms with E-state index in [9.17, 15) is 14.4 Å². The van der Waals surface area contributed by atoms with Crippen LogP contribution in [0.15, 0.2) is 24.3 Å². The minimum absolute atomic E-state index is 0.0403. The molecule has 0 aliphatic heterocycles. The Morgan fingerprint density at radius 2 is 1.88 bits per heavy atom. The maximum Gasteiger partial charge on any atom is 0.303 e. The van der Waals surface area contributed by atoms with Gasteiger partial charge in [-0.2, -0.15) is 0 Å². The number of carbonyl (C=O) groups is 3. The monoisotopic (exact) mass is 336 g/mol. The van der Waals surface area contributed by atoms with Crippen LogP contribution in [-0.4, -0.2) is 41.6 Å². The fourth-order valence-corrected chi connectivity index (χ4v) is 2.09. The smallest absolute Gasteiger partial charge is 0.303 e. The predicted molar refractivity (Wildman–Crippen MR) is 89.0 cm³/mol. The van der Waals surface area contributed by atoms with E-state index in [4.69, 9.17) is 9.84 Å². The van der Waals surface area contributed by atoms with Crippen LogP contribution in [0.2, 0.25) is 0 Å². The Hall–Kier alpha value is -2.57. The van der Waals surface area contributed by atoms with Gasteiger partial charge in [0, 0.05) is 12.0 Å². The molecule has 7 heteroatoms. The maximum atomic E-state index is 12.2. The summed E-state index contributed by atoms with van der Waals surface area (Å²) in [4.78, 5) is 34.7. The van der Waals surface area contributed by atoms with Crippen molar-refractivity contribution in [2.24, 2.45) is 0 Å². The summed E-state index contributed by atoms with van der Waals surface area (Å²) < 4.78 is 5.38. The number of carboxylic acids is 1. The van der Waals surface area contributed by atoms with Crippen molar-refractivity contribution >= 4 is 17.8 Å². The van der Waals surface area contributed by atoms with E-state index in [1.54, 1.807) is 38.1 Å². The summed E-state index contributed by atoms with van der Waals surface area (Å²) in [6.45, 7) is 5.53. The lowest BCUT2D eigenvalue weighted by Gasteiger charge is -2.25. The summed E-state index contributed by atoms with van der Waals surface area (Å²) in [5.41, 5.74) is -0.305. The van der Waals surface area contributed by atoms with Gasteiger partial charge in [-0.15, -0.1) is 0 Å². The lowest BCUT2D eigenvalue weighted by Crippen LogP contribution is -2.47. The number of carboxylic acid groups (broad SMARTS) is 1. The van der Waals surface area contributed by atoms with Crippen LogP contribution >= 0.6 is 0 Å². The molecule has 0 aromatic heterocycles. The summed E-state index contributed by atoms with van der Waals surface area (Å²) in [7, 11) is 0. The van der Waals surface area contributed by atoms with Gasteiger partial charge in [-0.3, -0.25) is 14.4 Å². The van der Waals surface area contributed by atoms with Crippen LogP contribution in [0.25, 0.3) is 0 Å². The number of para-hydroxylation sites is 1. The number of carbonyl (C=O) groups excluding carboxylic acids is 2. The number of amides is 2. The molecule has 0 saturated heterocycles. The molecule has 0 atom stereocenters. The molecule has 0 saturated carbocycles. The summed E-state index contributed by atoms with van der Waals surface area (Å²) in [6, 6.07) is 6.79. The molecule has 0 unspecified atom stereocenters. The van der Waals surface area contributed by atoms with Crippen molar-refractivity contribution in [1.29, 1.82) is 0 Å². The number of hydrogen-bond acceptors (Lipinski definition) is 4. The van der Waals surface area contributed by atoms with E-state index < -0.39 is 17.4 Å². The predicted octanol–water partition coefficient (Wildman–Crippen LogP) is 1.57. The molecule has 0 heterocycles. The second-order valence-corrected chi connectivity index (χ2v) is 5.94. The van der Waals surface area contributed by atoms with Crippen LogP contribution < -0.4 is 15.4 Å². The number of hydrogen-bond donors (Lipinski definition) is 3. The molecule has 2 amide bonds. The molecular formula is C17H24N2O5. The van der Waals surface area contributed by atoms with Crippen molar-refractivity contribution in [1.82, 2.24) is 10.6 Å². The second kappa shape index (κ2) is 8.90. The van der Waals surface area contributed by atoms with Gasteiger partial charge >= 0.3 is 5.97 Å². The van der Waals surface area contributed by atoms with E-state index in [1.165, 1.54) is 0 Å². The van der Waals surface area contributed by atoms with Crippen LogP contribution in [-0.2, 0) is 9.59 Å². The average molecular weight is 336 g/mol. The van der Waals surface area contributed by atoms with Crippen molar-refractivity contribution in [3.63, 3.8) is 0 Å². The van der Waals surface area contributed by atoms with Crippen molar-refractivity contribution in [3.8, 4) is 5.75 Å². The molecule has 0 aliphatic carbocycles. The average Bonchev–Trinajstić information content (AvgIpc) is 2.51. The highest BCUT2D eigenvalue weighted by atomic mass is 16.5. The maximum absolute atomic E-state index is 12.2. The number of aliphatic carboxylic acids is 1. The summed E-state index contributed by atoms with van der Waals surface area (Å²) in [6.07, 6.45) is 0.260. The Labute approximate surface area is 141 Å². The fourth-order valence-electron chi connectivity index (χ4n) is 2.09. The third-order valence-corrected chi connectivity index (χ3v) is 3.28. The summed E-state index contributed by atoms with van der Waals surface area (Å²) in [5.74, 6) is -1.25. The van der Waals surface area contributed by atoms with Crippen LogP contribution in [0, 0.1) is 0 Å².